The lowest BCUT2D eigenvalue weighted by Crippen LogP contribution is -2.63. The number of carbonyl (C=O) groups is 3. The van der Waals surface area contributed by atoms with Crippen LogP contribution in [0.1, 0.15) is 54.9 Å². The molecule has 1 aliphatic rings. The summed E-state index contributed by atoms with van der Waals surface area (Å²) >= 11 is 1.24. The number of rotatable bonds is 10. The fourth-order valence-electron chi connectivity index (χ4n) is 5.08. The number of para-hydroxylation sites is 1. The molecule has 0 spiro atoms. The number of aliphatic imine (C=N–C) groups is 1. The maximum Gasteiger partial charge on any atom is 0.327 e. The average Bonchev–Trinajstić information content (AvgIpc) is 3.56. The third-order valence-corrected chi connectivity index (χ3v) is 8.23. The molecule has 3 atom stereocenters. The zero-order chi connectivity index (χ0) is 28.9. The average molecular weight is 564 g/mol. The predicted molar refractivity (Wildman–Crippen MR) is 158 cm³/mol. The Balaban J connectivity index is 1.75. The standard InChI is InChI=1S/C29H37N7O3S/c1-19-10-9-17-35(19)28(39)36(26(38)29(2,32)18-20-11-4-3-5-12-20)22(14-8-16-33-27(30)31)24(37)25-34-21-13-6-7-15-23(21)40-25/h3-7,11-13,15,19,22H,8-10,14,16-18,32H2,1-2H3,(H4,30,31,33)/t19-,22?,29-/m1/s1. The quantitative estimate of drug-likeness (QED) is 0.148. The second kappa shape index (κ2) is 12.6. The summed E-state index contributed by atoms with van der Waals surface area (Å²) in [5, 5.41) is 0.231. The van der Waals surface area contributed by atoms with Crippen molar-refractivity contribution in [3.63, 3.8) is 0 Å². The van der Waals surface area contributed by atoms with Gasteiger partial charge in [-0.2, -0.15) is 0 Å². The number of nitrogens with zero attached hydrogens (tertiary/aromatic N) is 4. The molecule has 3 aromatic rings. The van der Waals surface area contributed by atoms with Crippen molar-refractivity contribution in [2.45, 2.75) is 63.6 Å². The SMILES string of the molecule is C[C@@H]1CCCN1C(=O)N(C(=O)[C@](C)(N)Cc1ccccc1)C(CCCN=C(N)N)C(=O)c1nc2ccccc2s1. The van der Waals surface area contributed by atoms with E-state index >= 15 is 0 Å². The van der Waals surface area contributed by atoms with Crippen molar-refractivity contribution >= 4 is 45.2 Å². The normalized spacial score (nSPS) is 17.3. The van der Waals surface area contributed by atoms with Gasteiger partial charge in [0.2, 0.25) is 5.78 Å². The van der Waals surface area contributed by atoms with Gasteiger partial charge < -0.3 is 22.1 Å². The minimum Gasteiger partial charge on any atom is -0.370 e. The number of hydrogen-bond acceptors (Lipinski definition) is 7. The van der Waals surface area contributed by atoms with Crippen LogP contribution >= 0.6 is 11.3 Å². The number of likely N-dealkylation sites (tertiary alicyclic amines) is 1. The van der Waals surface area contributed by atoms with Gasteiger partial charge in [0, 0.05) is 19.1 Å². The molecule has 1 fully saturated rings. The van der Waals surface area contributed by atoms with E-state index in [9.17, 15) is 14.4 Å². The van der Waals surface area contributed by atoms with Crippen molar-refractivity contribution in [1.29, 1.82) is 0 Å². The summed E-state index contributed by atoms with van der Waals surface area (Å²) in [6.45, 7) is 4.29. The first kappa shape index (κ1) is 29.2. The monoisotopic (exact) mass is 563 g/mol. The molecule has 10 nitrogen and oxygen atoms in total. The first-order chi connectivity index (χ1) is 19.1. The number of carbonyl (C=O) groups excluding carboxylic acids is 3. The van der Waals surface area contributed by atoms with Gasteiger partial charge in [0.15, 0.2) is 11.0 Å². The Morgan fingerprint density at radius 2 is 1.85 bits per heavy atom. The van der Waals surface area contributed by atoms with Gasteiger partial charge in [0.1, 0.15) is 6.04 Å². The number of aromatic nitrogens is 1. The highest BCUT2D eigenvalue weighted by molar-refractivity contribution is 7.20. The van der Waals surface area contributed by atoms with Crippen molar-refractivity contribution in [1.82, 2.24) is 14.8 Å². The molecule has 4 rings (SSSR count). The van der Waals surface area contributed by atoms with Crippen LogP contribution in [0.25, 0.3) is 10.2 Å². The van der Waals surface area contributed by atoms with Crippen LogP contribution in [-0.2, 0) is 11.2 Å². The van der Waals surface area contributed by atoms with Crippen LogP contribution in [0.4, 0.5) is 4.79 Å². The van der Waals surface area contributed by atoms with E-state index in [-0.39, 0.29) is 36.4 Å². The maximum absolute atomic E-state index is 14.3. The number of benzene rings is 2. The number of guanidine groups is 1. The maximum atomic E-state index is 14.3. The van der Waals surface area contributed by atoms with E-state index in [0.717, 1.165) is 28.0 Å². The first-order valence-electron chi connectivity index (χ1n) is 13.5. The summed E-state index contributed by atoms with van der Waals surface area (Å²) < 4.78 is 0.843. The molecule has 0 radical (unpaired) electrons. The van der Waals surface area contributed by atoms with Crippen LogP contribution in [0.2, 0.25) is 0 Å². The molecule has 1 saturated heterocycles. The molecule has 11 heteroatoms. The molecule has 40 heavy (non-hydrogen) atoms. The van der Waals surface area contributed by atoms with Crippen LogP contribution < -0.4 is 17.2 Å². The lowest BCUT2D eigenvalue weighted by atomic mass is 9.91. The van der Waals surface area contributed by atoms with Crippen LogP contribution in [0.5, 0.6) is 0 Å². The van der Waals surface area contributed by atoms with E-state index in [0.29, 0.717) is 18.5 Å². The molecule has 3 amide bonds. The Morgan fingerprint density at radius 3 is 2.50 bits per heavy atom. The lowest BCUT2D eigenvalue weighted by Gasteiger charge is -2.38. The second-order valence-corrected chi connectivity index (χ2v) is 11.6. The highest BCUT2D eigenvalue weighted by Gasteiger charge is 2.45. The summed E-state index contributed by atoms with van der Waals surface area (Å²) in [6.07, 6.45) is 2.36. The molecule has 2 heterocycles. The largest absolute Gasteiger partial charge is 0.370 e. The third kappa shape index (κ3) is 6.65. The van der Waals surface area contributed by atoms with Crippen LogP contribution in [0.3, 0.4) is 0 Å². The minimum absolute atomic E-state index is 0.0682. The van der Waals surface area contributed by atoms with Crippen LogP contribution in [0.15, 0.2) is 59.6 Å². The van der Waals surface area contributed by atoms with Crippen molar-refractivity contribution in [2.75, 3.05) is 13.1 Å². The topological polar surface area (TPSA) is 161 Å². The molecule has 0 aliphatic carbocycles. The second-order valence-electron chi connectivity index (χ2n) is 10.5. The summed E-state index contributed by atoms with van der Waals surface area (Å²) in [5.41, 5.74) is 17.7. The molecule has 0 saturated carbocycles. The first-order valence-corrected chi connectivity index (χ1v) is 14.3. The van der Waals surface area contributed by atoms with E-state index in [4.69, 9.17) is 17.2 Å². The number of imide groups is 1. The van der Waals surface area contributed by atoms with Gasteiger partial charge in [-0.1, -0.05) is 42.5 Å². The number of fused-ring (bicyclic) bond motifs is 1. The number of Topliss-reactive ketones (excluding diaryl/α,β-unsaturated/α-hetero) is 1. The zero-order valence-corrected chi connectivity index (χ0v) is 23.8. The van der Waals surface area contributed by atoms with Crippen molar-refractivity contribution < 1.29 is 14.4 Å². The lowest BCUT2D eigenvalue weighted by molar-refractivity contribution is -0.135. The number of thiazole rings is 1. The Labute approximate surface area is 238 Å². The molecule has 1 aliphatic heterocycles. The van der Waals surface area contributed by atoms with Gasteiger partial charge in [0.05, 0.1) is 15.8 Å². The Hall–Kier alpha value is -3.83. The molecule has 6 N–H and O–H groups in total. The molecular formula is C29H37N7O3S. The number of nitrogens with two attached hydrogens (primary N) is 3. The summed E-state index contributed by atoms with van der Waals surface area (Å²) in [5.74, 6) is -1.09. The highest BCUT2D eigenvalue weighted by Crippen LogP contribution is 2.28. The van der Waals surface area contributed by atoms with Gasteiger partial charge in [-0.25, -0.2) is 9.78 Å². The molecule has 1 aromatic heterocycles. The van der Waals surface area contributed by atoms with Crippen LogP contribution in [-0.4, -0.2) is 69.2 Å². The van der Waals surface area contributed by atoms with Gasteiger partial charge in [-0.15, -0.1) is 11.3 Å². The van der Waals surface area contributed by atoms with E-state index in [2.05, 4.69) is 9.98 Å². The van der Waals surface area contributed by atoms with Crippen molar-refractivity contribution in [3.8, 4) is 0 Å². The number of urea groups is 1. The molecule has 212 valence electrons. The summed E-state index contributed by atoms with van der Waals surface area (Å²) in [4.78, 5) is 53.9. The smallest absolute Gasteiger partial charge is 0.327 e. The molecule has 2 aromatic carbocycles. The Kier molecular flexibility index (Phi) is 9.16. The van der Waals surface area contributed by atoms with Crippen LogP contribution in [0, 0.1) is 0 Å². The summed E-state index contributed by atoms with van der Waals surface area (Å²) in [7, 11) is 0. The van der Waals surface area contributed by atoms with E-state index in [1.807, 2.05) is 61.5 Å². The number of amides is 3. The summed E-state index contributed by atoms with van der Waals surface area (Å²) in [6, 6.07) is 15.1. The minimum atomic E-state index is -1.45. The van der Waals surface area contributed by atoms with Gasteiger partial charge in [-0.3, -0.25) is 19.5 Å². The van der Waals surface area contributed by atoms with Gasteiger partial charge in [0.25, 0.3) is 5.91 Å². The van der Waals surface area contributed by atoms with E-state index < -0.39 is 29.3 Å². The third-order valence-electron chi connectivity index (χ3n) is 7.18. The number of hydrogen-bond donors (Lipinski definition) is 3. The Bertz CT molecular complexity index is 1350. The van der Waals surface area contributed by atoms with E-state index in [1.54, 1.807) is 11.8 Å². The fraction of sp³-hybridized carbons (Fsp3) is 0.414. The van der Waals surface area contributed by atoms with Crippen molar-refractivity contribution in [2.24, 2.45) is 22.2 Å². The zero-order valence-electron chi connectivity index (χ0n) is 23.0. The predicted octanol–water partition coefficient (Wildman–Crippen LogP) is 3.29. The Morgan fingerprint density at radius 1 is 1.15 bits per heavy atom. The van der Waals surface area contributed by atoms with E-state index in [1.165, 1.54) is 11.3 Å². The van der Waals surface area contributed by atoms with Gasteiger partial charge >= 0.3 is 6.03 Å². The fourth-order valence-corrected chi connectivity index (χ4v) is 6.03. The molecule has 1 unspecified atom stereocenters. The molecular weight excluding hydrogens is 526 g/mol. The number of ketones is 1. The molecule has 0 bridgehead atoms. The highest BCUT2D eigenvalue weighted by atomic mass is 32.1. The van der Waals surface area contributed by atoms with Gasteiger partial charge in [-0.05, 0) is 63.6 Å². The van der Waals surface area contributed by atoms with Crippen molar-refractivity contribution in [3.05, 3.63) is 65.2 Å².